The summed E-state index contributed by atoms with van der Waals surface area (Å²) in [6.07, 6.45) is 10.7. The summed E-state index contributed by atoms with van der Waals surface area (Å²) >= 11 is 0. The van der Waals surface area contributed by atoms with E-state index in [1.807, 2.05) is 69.3 Å². The lowest BCUT2D eigenvalue weighted by Gasteiger charge is -2.33. The monoisotopic (exact) mass is 540 g/mol. The van der Waals surface area contributed by atoms with E-state index in [9.17, 15) is 5.11 Å². The van der Waals surface area contributed by atoms with Crippen molar-refractivity contribution in [3.8, 4) is 17.2 Å². The van der Waals surface area contributed by atoms with Gasteiger partial charge >= 0.3 is 0 Å². The number of aliphatic hydroxyl groups is 1. The summed E-state index contributed by atoms with van der Waals surface area (Å²) in [5, 5.41) is 11.3. The topological polar surface area (TPSA) is 66.4 Å². The van der Waals surface area contributed by atoms with E-state index in [1.165, 1.54) is 6.42 Å². The van der Waals surface area contributed by atoms with E-state index in [-0.39, 0.29) is 11.9 Å². The molecule has 6 nitrogen and oxygen atoms in total. The quantitative estimate of drug-likeness (QED) is 0.184. The third-order valence-corrected chi connectivity index (χ3v) is 7.12. The third-order valence-electron chi connectivity index (χ3n) is 7.12. The van der Waals surface area contributed by atoms with Crippen LogP contribution in [0.25, 0.3) is 12.2 Å². The fraction of sp³-hybridized carbons (Fsp3) is 0.576. The molecule has 1 heterocycles. The highest BCUT2D eigenvalue weighted by atomic mass is 16.7. The maximum atomic E-state index is 11.3. The van der Waals surface area contributed by atoms with Crippen LogP contribution in [0.5, 0.6) is 17.2 Å². The largest absolute Gasteiger partial charge is 0.494 e. The molecule has 0 aromatic heterocycles. The van der Waals surface area contributed by atoms with Gasteiger partial charge in [0.1, 0.15) is 5.75 Å². The van der Waals surface area contributed by atoms with E-state index in [0.717, 1.165) is 61.2 Å². The Balaban J connectivity index is 1.63. The van der Waals surface area contributed by atoms with Crippen LogP contribution in [0.3, 0.4) is 0 Å². The highest BCUT2D eigenvalue weighted by molar-refractivity contribution is 5.75. The van der Waals surface area contributed by atoms with Crippen molar-refractivity contribution in [2.45, 2.75) is 97.1 Å². The SMILES string of the molecule is CCOc1cc(C=Cc2cccc(C(C)(O)CCCCC(C)(C)OC3CCCCO3)c2)c(OC)c(OCC)c1. The standard InChI is InChI=1S/C33H48O6/c1-7-36-28-23-26(31(35-6)29(24-28)37-8-2)18-17-25-14-13-15-27(22-25)33(5,34)20-11-10-19-32(3,4)39-30-16-9-12-21-38-30/h13-15,17-18,22-24,30,34H,7-12,16,19-21H2,1-6H3. The maximum absolute atomic E-state index is 11.3. The molecule has 216 valence electrons. The molecule has 0 aliphatic carbocycles. The van der Waals surface area contributed by atoms with E-state index in [0.29, 0.717) is 31.1 Å². The second-order valence-corrected chi connectivity index (χ2v) is 11.0. The molecule has 6 heteroatoms. The van der Waals surface area contributed by atoms with Gasteiger partial charge in [-0.05, 0) is 90.0 Å². The van der Waals surface area contributed by atoms with Gasteiger partial charge in [0.25, 0.3) is 0 Å². The van der Waals surface area contributed by atoms with Crippen LogP contribution in [-0.2, 0) is 15.1 Å². The minimum absolute atomic E-state index is 0.0833. The smallest absolute Gasteiger partial charge is 0.168 e. The van der Waals surface area contributed by atoms with Crippen molar-refractivity contribution in [2.75, 3.05) is 26.9 Å². The number of rotatable bonds is 15. The first-order chi connectivity index (χ1) is 18.7. The van der Waals surface area contributed by atoms with Gasteiger partial charge in [-0.25, -0.2) is 0 Å². The summed E-state index contributed by atoms with van der Waals surface area (Å²) in [6, 6.07) is 11.9. The van der Waals surface area contributed by atoms with Crippen LogP contribution in [0, 0.1) is 0 Å². The average molecular weight is 541 g/mol. The van der Waals surface area contributed by atoms with E-state index < -0.39 is 5.60 Å². The van der Waals surface area contributed by atoms with Crippen molar-refractivity contribution in [3.63, 3.8) is 0 Å². The van der Waals surface area contributed by atoms with Gasteiger partial charge < -0.3 is 28.8 Å². The molecule has 0 radical (unpaired) electrons. The Kier molecular flexibility index (Phi) is 11.7. The molecule has 39 heavy (non-hydrogen) atoms. The van der Waals surface area contributed by atoms with Crippen LogP contribution in [0.1, 0.15) is 96.3 Å². The first kappa shape index (κ1) is 31.0. The summed E-state index contributed by atoms with van der Waals surface area (Å²) in [5.41, 5.74) is 1.61. The van der Waals surface area contributed by atoms with Crippen molar-refractivity contribution in [1.82, 2.24) is 0 Å². The summed E-state index contributed by atoms with van der Waals surface area (Å²) in [4.78, 5) is 0. The molecule has 2 aromatic rings. The average Bonchev–Trinajstić information content (AvgIpc) is 2.91. The van der Waals surface area contributed by atoms with Gasteiger partial charge in [0.05, 0.1) is 31.5 Å². The normalized spacial score (nSPS) is 17.7. The Morgan fingerprint density at radius 2 is 1.74 bits per heavy atom. The number of unbranched alkanes of at least 4 members (excludes halogenated alkanes) is 1. The van der Waals surface area contributed by atoms with Gasteiger partial charge in [0.15, 0.2) is 17.8 Å². The molecule has 0 amide bonds. The van der Waals surface area contributed by atoms with E-state index in [4.69, 9.17) is 23.7 Å². The number of benzene rings is 2. The Hall–Kier alpha value is -2.54. The summed E-state index contributed by atoms with van der Waals surface area (Å²) in [5.74, 6) is 2.06. The molecule has 1 aliphatic heterocycles. The molecule has 1 aliphatic rings. The van der Waals surface area contributed by atoms with Crippen molar-refractivity contribution in [2.24, 2.45) is 0 Å². The van der Waals surface area contributed by atoms with Gasteiger partial charge in [0, 0.05) is 18.2 Å². The van der Waals surface area contributed by atoms with Gasteiger partial charge in [-0.1, -0.05) is 43.2 Å². The minimum Gasteiger partial charge on any atom is -0.494 e. The van der Waals surface area contributed by atoms with Crippen molar-refractivity contribution < 1.29 is 28.8 Å². The Morgan fingerprint density at radius 1 is 0.974 bits per heavy atom. The van der Waals surface area contributed by atoms with Crippen LogP contribution >= 0.6 is 0 Å². The molecule has 2 unspecified atom stereocenters. The van der Waals surface area contributed by atoms with Crippen molar-refractivity contribution in [3.05, 3.63) is 53.1 Å². The third kappa shape index (κ3) is 9.55. The van der Waals surface area contributed by atoms with Gasteiger partial charge in [-0.3, -0.25) is 0 Å². The summed E-state index contributed by atoms with van der Waals surface area (Å²) < 4.78 is 29.2. The zero-order valence-electron chi connectivity index (χ0n) is 24.8. The molecule has 2 atom stereocenters. The first-order valence-electron chi connectivity index (χ1n) is 14.5. The number of ether oxygens (including phenoxy) is 5. The van der Waals surface area contributed by atoms with Gasteiger partial charge in [0.2, 0.25) is 0 Å². The lowest BCUT2D eigenvalue weighted by molar-refractivity contribution is -0.217. The zero-order valence-corrected chi connectivity index (χ0v) is 24.8. The summed E-state index contributed by atoms with van der Waals surface area (Å²) in [7, 11) is 1.64. The number of hydrogen-bond donors (Lipinski definition) is 1. The van der Waals surface area contributed by atoms with E-state index >= 15 is 0 Å². The van der Waals surface area contributed by atoms with Crippen molar-refractivity contribution >= 4 is 12.2 Å². The molecule has 3 rings (SSSR count). The molecular formula is C33H48O6. The van der Waals surface area contributed by atoms with Crippen LogP contribution in [-0.4, -0.2) is 43.9 Å². The molecule has 1 saturated heterocycles. The fourth-order valence-corrected chi connectivity index (χ4v) is 5.00. The Labute approximate surface area is 235 Å². The zero-order chi connectivity index (χ0) is 28.3. The van der Waals surface area contributed by atoms with Crippen LogP contribution in [0.4, 0.5) is 0 Å². The van der Waals surface area contributed by atoms with Crippen LogP contribution < -0.4 is 14.2 Å². The van der Waals surface area contributed by atoms with Crippen LogP contribution in [0.15, 0.2) is 36.4 Å². The van der Waals surface area contributed by atoms with E-state index in [2.05, 4.69) is 13.8 Å². The predicted molar refractivity (Wildman–Crippen MR) is 157 cm³/mol. The Morgan fingerprint density at radius 3 is 2.44 bits per heavy atom. The second-order valence-electron chi connectivity index (χ2n) is 11.0. The minimum atomic E-state index is -0.921. The first-order valence-corrected chi connectivity index (χ1v) is 14.5. The second kappa shape index (κ2) is 14.7. The van der Waals surface area contributed by atoms with Crippen LogP contribution in [0.2, 0.25) is 0 Å². The molecular weight excluding hydrogens is 492 g/mol. The molecule has 1 fully saturated rings. The molecule has 0 spiro atoms. The maximum Gasteiger partial charge on any atom is 0.168 e. The fourth-order valence-electron chi connectivity index (χ4n) is 5.00. The predicted octanol–water partition coefficient (Wildman–Crippen LogP) is 7.75. The molecule has 2 aromatic carbocycles. The van der Waals surface area contributed by atoms with E-state index in [1.54, 1.807) is 7.11 Å². The summed E-state index contributed by atoms with van der Waals surface area (Å²) in [6.45, 7) is 12.0. The molecule has 0 saturated carbocycles. The number of methoxy groups -OCH3 is 1. The molecule has 1 N–H and O–H groups in total. The molecule has 0 bridgehead atoms. The number of hydrogen-bond acceptors (Lipinski definition) is 6. The van der Waals surface area contributed by atoms with Crippen molar-refractivity contribution in [1.29, 1.82) is 0 Å². The lowest BCUT2D eigenvalue weighted by atomic mass is 9.88. The van der Waals surface area contributed by atoms with Gasteiger partial charge in [-0.15, -0.1) is 0 Å². The highest BCUT2D eigenvalue weighted by Crippen LogP contribution is 2.37. The Bertz CT molecular complexity index is 1050. The lowest BCUT2D eigenvalue weighted by Crippen LogP contribution is -2.34. The van der Waals surface area contributed by atoms with Gasteiger partial charge in [-0.2, -0.15) is 0 Å². The highest BCUT2D eigenvalue weighted by Gasteiger charge is 2.27.